The summed E-state index contributed by atoms with van der Waals surface area (Å²) in [5.41, 5.74) is 5.50. The number of anilines is 1. The van der Waals surface area contributed by atoms with Crippen LogP contribution in [0.4, 0.5) is 11.6 Å². The van der Waals surface area contributed by atoms with Crippen LogP contribution in [0.25, 0.3) is 0 Å². The average molecular weight is 437 g/mol. The highest BCUT2D eigenvalue weighted by Gasteiger charge is 2.22. The van der Waals surface area contributed by atoms with Crippen molar-refractivity contribution in [1.82, 2.24) is 9.97 Å². The van der Waals surface area contributed by atoms with Gasteiger partial charge in [-0.3, -0.25) is 19.9 Å². The van der Waals surface area contributed by atoms with Crippen molar-refractivity contribution in [2.24, 2.45) is 5.10 Å². The summed E-state index contributed by atoms with van der Waals surface area (Å²) in [6.45, 7) is 5.48. The molecule has 2 aromatic carbocycles. The molecule has 1 heterocycles. The van der Waals surface area contributed by atoms with Gasteiger partial charge in [-0.25, -0.2) is 10.4 Å². The van der Waals surface area contributed by atoms with Crippen molar-refractivity contribution >= 4 is 17.9 Å². The van der Waals surface area contributed by atoms with E-state index < -0.39 is 4.92 Å². The lowest BCUT2D eigenvalue weighted by molar-refractivity contribution is -0.386. The van der Waals surface area contributed by atoms with Gasteiger partial charge in [0.05, 0.1) is 18.2 Å². The van der Waals surface area contributed by atoms with Crippen LogP contribution in [-0.2, 0) is 6.61 Å². The minimum Gasteiger partial charge on any atom is -0.493 e. The molecule has 10 nitrogen and oxygen atoms in total. The Morgan fingerprint density at radius 1 is 1.25 bits per heavy atom. The quantitative estimate of drug-likeness (QED) is 0.312. The van der Waals surface area contributed by atoms with Gasteiger partial charge in [-0.1, -0.05) is 24.3 Å². The third-order valence-corrected chi connectivity index (χ3v) is 4.89. The minimum atomic E-state index is -0.539. The second-order valence-corrected chi connectivity index (χ2v) is 7.04. The van der Waals surface area contributed by atoms with Gasteiger partial charge in [0.1, 0.15) is 6.61 Å². The fourth-order valence-corrected chi connectivity index (χ4v) is 2.90. The molecule has 0 radical (unpaired) electrons. The van der Waals surface area contributed by atoms with Crippen molar-refractivity contribution < 1.29 is 14.4 Å². The van der Waals surface area contributed by atoms with Gasteiger partial charge < -0.3 is 9.47 Å². The highest BCUT2D eigenvalue weighted by atomic mass is 16.6. The number of ether oxygens (including phenoxy) is 2. The zero-order chi connectivity index (χ0) is 23.3. The van der Waals surface area contributed by atoms with Crippen LogP contribution < -0.4 is 20.5 Å². The summed E-state index contributed by atoms with van der Waals surface area (Å²) in [6.07, 6.45) is 1.36. The Bertz CT molecular complexity index is 1240. The number of aryl methyl sites for hydroxylation is 2. The summed E-state index contributed by atoms with van der Waals surface area (Å²) < 4.78 is 11.1. The molecule has 0 amide bonds. The van der Waals surface area contributed by atoms with Gasteiger partial charge in [0, 0.05) is 22.9 Å². The summed E-state index contributed by atoms with van der Waals surface area (Å²) >= 11 is 0. The summed E-state index contributed by atoms with van der Waals surface area (Å²) in [4.78, 5) is 29.7. The van der Waals surface area contributed by atoms with E-state index in [1.165, 1.54) is 19.4 Å². The Kier molecular flexibility index (Phi) is 6.83. The molecular formula is C22H23N5O5. The molecule has 0 aliphatic carbocycles. The van der Waals surface area contributed by atoms with E-state index in [-0.39, 0.29) is 35.3 Å². The Balaban J connectivity index is 1.86. The summed E-state index contributed by atoms with van der Waals surface area (Å²) in [5, 5.41) is 15.7. The van der Waals surface area contributed by atoms with E-state index in [4.69, 9.17) is 9.47 Å². The summed E-state index contributed by atoms with van der Waals surface area (Å²) in [5.74, 6) is 0.395. The maximum absolute atomic E-state index is 11.8. The number of H-pyrrole nitrogens is 1. The first-order chi connectivity index (χ1) is 15.3. The van der Waals surface area contributed by atoms with Crippen LogP contribution in [-0.4, -0.2) is 28.2 Å². The van der Waals surface area contributed by atoms with Gasteiger partial charge in [0.2, 0.25) is 11.7 Å². The fourth-order valence-electron chi connectivity index (χ4n) is 2.90. The SMILES string of the molecule is COc1cc(/C=N\Nc2nc(C)c(C)c(=O)[nH]2)cc([N+](=O)[O-])c1OCc1ccccc1C. The molecular weight excluding hydrogens is 414 g/mol. The van der Waals surface area contributed by atoms with Crippen LogP contribution in [0.2, 0.25) is 0 Å². The number of nitro groups is 1. The van der Waals surface area contributed by atoms with Crippen molar-refractivity contribution in [3.05, 3.63) is 84.8 Å². The number of rotatable bonds is 8. The second kappa shape index (κ2) is 9.73. The third-order valence-electron chi connectivity index (χ3n) is 4.89. The smallest absolute Gasteiger partial charge is 0.315 e. The molecule has 0 bridgehead atoms. The van der Waals surface area contributed by atoms with Crippen LogP contribution in [0, 0.1) is 30.9 Å². The fraction of sp³-hybridized carbons (Fsp3) is 0.227. The van der Waals surface area contributed by atoms with E-state index in [1.54, 1.807) is 19.9 Å². The molecule has 0 atom stereocenters. The summed E-state index contributed by atoms with van der Waals surface area (Å²) in [7, 11) is 1.41. The zero-order valence-corrected chi connectivity index (χ0v) is 18.1. The van der Waals surface area contributed by atoms with Crippen molar-refractivity contribution in [2.45, 2.75) is 27.4 Å². The minimum absolute atomic E-state index is 0.0334. The number of nitro benzene ring substituents is 1. The lowest BCUT2D eigenvalue weighted by Gasteiger charge is -2.13. The molecule has 0 aliphatic rings. The van der Waals surface area contributed by atoms with E-state index in [1.807, 2.05) is 31.2 Å². The van der Waals surface area contributed by atoms with Gasteiger partial charge >= 0.3 is 5.69 Å². The average Bonchev–Trinajstić information content (AvgIpc) is 2.76. The molecule has 3 rings (SSSR count). The maximum atomic E-state index is 11.8. The Morgan fingerprint density at radius 3 is 2.66 bits per heavy atom. The lowest BCUT2D eigenvalue weighted by Crippen LogP contribution is -2.15. The van der Waals surface area contributed by atoms with Gasteiger partial charge in [-0.2, -0.15) is 5.10 Å². The van der Waals surface area contributed by atoms with Gasteiger partial charge in [0.25, 0.3) is 5.56 Å². The highest BCUT2D eigenvalue weighted by molar-refractivity contribution is 5.83. The molecule has 3 aromatic rings. The maximum Gasteiger partial charge on any atom is 0.315 e. The van der Waals surface area contributed by atoms with Crippen LogP contribution >= 0.6 is 0 Å². The first kappa shape index (κ1) is 22.5. The molecule has 2 N–H and O–H groups in total. The molecule has 10 heteroatoms. The lowest BCUT2D eigenvalue weighted by atomic mass is 10.1. The zero-order valence-electron chi connectivity index (χ0n) is 18.1. The molecule has 0 fully saturated rings. The predicted octanol–water partition coefficient (Wildman–Crippen LogP) is 3.64. The third kappa shape index (κ3) is 5.09. The predicted molar refractivity (Wildman–Crippen MR) is 121 cm³/mol. The Hall–Kier alpha value is -4.21. The van der Waals surface area contributed by atoms with Gasteiger partial charge in [-0.15, -0.1) is 0 Å². The number of methoxy groups -OCH3 is 1. The molecule has 0 aliphatic heterocycles. The first-order valence-electron chi connectivity index (χ1n) is 9.70. The van der Waals surface area contributed by atoms with E-state index in [2.05, 4.69) is 20.5 Å². The highest BCUT2D eigenvalue weighted by Crippen LogP contribution is 2.38. The first-order valence-corrected chi connectivity index (χ1v) is 9.70. The molecule has 32 heavy (non-hydrogen) atoms. The van der Waals surface area contributed by atoms with Crippen molar-refractivity contribution in [3.8, 4) is 11.5 Å². The van der Waals surface area contributed by atoms with E-state index in [0.29, 0.717) is 16.8 Å². The number of hydrogen-bond donors (Lipinski definition) is 2. The van der Waals surface area contributed by atoms with Crippen molar-refractivity contribution in [3.63, 3.8) is 0 Å². The number of nitrogens with zero attached hydrogens (tertiary/aromatic N) is 3. The number of hydrazone groups is 1. The molecule has 0 saturated carbocycles. The molecule has 0 saturated heterocycles. The van der Waals surface area contributed by atoms with Crippen LogP contribution in [0.1, 0.15) is 27.9 Å². The standard InChI is InChI=1S/C22H23N5O5/c1-13-7-5-6-8-17(13)12-32-20-18(27(29)30)9-16(10-19(20)31-4)11-23-26-22-24-15(3)14(2)21(28)25-22/h5-11H,12H2,1-4H3,(H2,24,25,26,28)/b23-11-. The monoisotopic (exact) mass is 437 g/mol. The molecule has 166 valence electrons. The molecule has 1 aromatic heterocycles. The van der Waals surface area contributed by atoms with Gasteiger partial charge in [0.15, 0.2) is 5.75 Å². The summed E-state index contributed by atoms with van der Waals surface area (Å²) in [6, 6.07) is 10.5. The van der Waals surface area contributed by atoms with Crippen molar-refractivity contribution in [2.75, 3.05) is 12.5 Å². The van der Waals surface area contributed by atoms with E-state index >= 15 is 0 Å². The molecule has 0 spiro atoms. The number of aromatic nitrogens is 2. The van der Waals surface area contributed by atoms with Crippen molar-refractivity contribution in [1.29, 1.82) is 0 Å². The molecule has 0 unspecified atom stereocenters. The number of nitrogens with one attached hydrogen (secondary N) is 2. The number of hydrogen-bond acceptors (Lipinski definition) is 8. The second-order valence-electron chi connectivity index (χ2n) is 7.04. The van der Waals surface area contributed by atoms with Gasteiger partial charge in [-0.05, 0) is 38.0 Å². The Morgan fingerprint density at radius 2 is 2.00 bits per heavy atom. The van der Waals surface area contributed by atoms with E-state index in [0.717, 1.165) is 11.1 Å². The Labute approximate surface area is 184 Å². The van der Waals surface area contributed by atoms with Crippen LogP contribution in [0.3, 0.4) is 0 Å². The normalized spacial score (nSPS) is 10.9. The topological polar surface area (TPSA) is 132 Å². The van der Waals surface area contributed by atoms with E-state index in [9.17, 15) is 14.9 Å². The van der Waals surface area contributed by atoms with Crippen LogP contribution in [0.5, 0.6) is 11.5 Å². The number of benzene rings is 2. The largest absolute Gasteiger partial charge is 0.493 e. The number of aromatic amines is 1. The van der Waals surface area contributed by atoms with Crippen LogP contribution in [0.15, 0.2) is 46.3 Å².